The van der Waals surface area contributed by atoms with Gasteiger partial charge in [0.25, 0.3) is 5.91 Å². The van der Waals surface area contributed by atoms with Gasteiger partial charge in [0.05, 0.1) is 0 Å². The van der Waals surface area contributed by atoms with Crippen molar-refractivity contribution >= 4 is 22.6 Å². The highest BCUT2D eigenvalue weighted by Crippen LogP contribution is 2.22. The third-order valence-electron chi connectivity index (χ3n) is 3.90. The van der Waals surface area contributed by atoms with Crippen LogP contribution in [0.25, 0.3) is 11.4 Å². The predicted octanol–water partition coefficient (Wildman–Crippen LogP) is 4.15. The molecule has 3 aromatic rings. The Kier molecular flexibility index (Phi) is 5.09. The highest BCUT2D eigenvalue weighted by molar-refractivity contribution is 7.10. The molecule has 0 saturated heterocycles. The zero-order valence-corrected chi connectivity index (χ0v) is 15.2. The molecule has 0 aliphatic heterocycles. The van der Waals surface area contributed by atoms with Gasteiger partial charge in [-0.05, 0) is 38.0 Å². The Morgan fingerprint density at radius 3 is 2.64 bits per heavy atom. The standard InChI is InChI=1S/C19H19N3O2S/c1-12-7-9-15(10-8-12)18-21-19(25-22-18)20-17(23)11-24-16-6-4-5-13(2)14(16)3/h4-10H,11H2,1-3H3,(H,20,21,22,23). The van der Waals surface area contributed by atoms with Crippen LogP contribution in [0.5, 0.6) is 5.75 Å². The van der Waals surface area contributed by atoms with Gasteiger partial charge in [-0.25, -0.2) is 0 Å². The number of nitrogens with one attached hydrogen (secondary N) is 1. The van der Waals surface area contributed by atoms with E-state index in [1.807, 2.05) is 63.2 Å². The smallest absolute Gasteiger partial charge is 0.264 e. The average Bonchev–Trinajstić information content (AvgIpc) is 3.05. The Labute approximate surface area is 150 Å². The van der Waals surface area contributed by atoms with Gasteiger partial charge in [-0.3, -0.25) is 10.1 Å². The van der Waals surface area contributed by atoms with Crippen LogP contribution < -0.4 is 10.1 Å². The van der Waals surface area contributed by atoms with E-state index in [0.717, 1.165) is 28.2 Å². The van der Waals surface area contributed by atoms with E-state index in [2.05, 4.69) is 14.7 Å². The molecule has 25 heavy (non-hydrogen) atoms. The van der Waals surface area contributed by atoms with Gasteiger partial charge < -0.3 is 4.74 Å². The van der Waals surface area contributed by atoms with Crippen LogP contribution in [0.3, 0.4) is 0 Å². The third kappa shape index (κ3) is 4.22. The molecule has 0 radical (unpaired) electrons. The molecule has 1 heterocycles. The van der Waals surface area contributed by atoms with Crippen molar-refractivity contribution in [2.45, 2.75) is 20.8 Å². The zero-order chi connectivity index (χ0) is 17.8. The van der Waals surface area contributed by atoms with Crippen LogP contribution in [0.2, 0.25) is 0 Å². The molecule has 0 aliphatic rings. The van der Waals surface area contributed by atoms with Crippen LogP contribution in [-0.4, -0.2) is 21.9 Å². The quantitative estimate of drug-likeness (QED) is 0.748. The summed E-state index contributed by atoms with van der Waals surface area (Å²) in [6, 6.07) is 13.7. The van der Waals surface area contributed by atoms with Gasteiger partial charge in [-0.15, -0.1) is 0 Å². The summed E-state index contributed by atoms with van der Waals surface area (Å²) in [5, 5.41) is 3.19. The summed E-state index contributed by atoms with van der Waals surface area (Å²) in [5.41, 5.74) is 4.27. The second-order valence-corrected chi connectivity index (χ2v) is 6.58. The molecule has 1 N–H and O–H groups in total. The van der Waals surface area contributed by atoms with Crippen LogP contribution in [0.15, 0.2) is 42.5 Å². The second-order valence-electron chi connectivity index (χ2n) is 5.82. The van der Waals surface area contributed by atoms with E-state index in [1.165, 1.54) is 5.56 Å². The number of carbonyl (C=O) groups is 1. The number of hydrogen-bond acceptors (Lipinski definition) is 5. The second kappa shape index (κ2) is 7.44. The van der Waals surface area contributed by atoms with Crippen molar-refractivity contribution in [1.29, 1.82) is 0 Å². The molecular formula is C19H19N3O2S. The van der Waals surface area contributed by atoms with Crippen LogP contribution in [0.1, 0.15) is 16.7 Å². The topological polar surface area (TPSA) is 64.1 Å². The van der Waals surface area contributed by atoms with Crippen LogP contribution in [0.4, 0.5) is 5.13 Å². The fraction of sp³-hybridized carbons (Fsp3) is 0.211. The molecule has 1 aromatic heterocycles. The Morgan fingerprint density at radius 1 is 1.12 bits per heavy atom. The number of benzene rings is 2. The van der Waals surface area contributed by atoms with Crippen molar-refractivity contribution < 1.29 is 9.53 Å². The molecule has 0 aliphatic carbocycles. The van der Waals surface area contributed by atoms with Gasteiger partial charge in [-0.2, -0.15) is 9.36 Å². The molecule has 0 saturated carbocycles. The maximum Gasteiger partial charge on any atom is 0.264 e. The maximum atomic E-state index is 12.1. The molecule has 3 rings (SSSR count). The maximum absolute atomic E-state index is 12.1. The lowest BCUT2D eigenvalue weighted by atomic mass is 10.1. The summed E-state index contributed by atoms with van der Waals surface area (Å²) in [7, 11) is 0. The Balaban J connectivity index is 1.60. The first kappa shape index (κ1) is 17.1. The molecule has 128 valence electrons. The Bertz CT molecular complexity index is 888. The minimum Gasteiger partial charge on any atom is -0.483 e. The lowest BCUT2D eigenvalue weighted by molar-refractivity contribution is -0.118. The van der Waals surface area contributed by atoms with Crippen LogP contribution >= 0.6 is 11.5 Å². The molecule has 0 atom stereocenters. The zero-order valence-electron chi connectivity index (χ0n) is 14.4. The fourth-order valence-electron chi connectivity index (χ4n) is 2.27. The molecular weight excluding hydrogens is 334 g/mol. The number of nitrogens with zero attached hydrogens (tertiary/aromatic N) is 2. The minimum atomic E-state index is -0.257. The number of anilines is 1. The number of carbonyl (C=O) groups excluding carboxylic acids is 1. The fourth-order valence-corrected chi connectivity index (χ4v) is 2.88. The Hall–Kier alpha value is -2.73. The lowest BCUT2D eigenvalue weighted by Gasteiger charge is -2.10. The number of hydrogen-bond donors (Lipinski definition) is 1. The first-order valence-electron chi connectivity index (χ1n) is 7.92. The van der Waals surface area contributed by atoms with Crippen molar-refractivity contribution in [1.82, 2.24) is 9.36 Å². The van der Waals surface area contributed by atoms with Crippen molar-refractivity contribution in [3.63, 3.8) is 0 Å². The molecule has 5 nitrogen and oxygen atoms in total. The van der Waals surface area contributed by atoms with E-state index in [9.17, 15) is 4.79 Å². The van der Waals surface area contributed by atoms with E-state index in [-0.39, 0.29) is 12.5 Å². The summed E-state index contributed by atoms with van der Waals surface area (Å²) in [4.78, 5) is 16.4. The number of ether oxygens (including phenoxy) is 1. The molecule has 1 amide bonds. The molecule has 0 fully saturated rings. The minimum absolute atomic E-state index is 0.0657. The lowest BCUT2D eigenvalue weighted by Crippen LogP contribution is -2.20. The van der Waals surface area contributed by atoms with E-state index < -0.39 is 0 Å². The van der Waals surface area contributed by atoms with Crippen molar-refractivity contribution in [2.24, 2.45) is 0 Å². The van der Waals surface area contributed by atoms with E-state index in [1.54, 1.807) is 0 Å². The van der Waals surface area contributed by atoms with Crippen molar-refractivity contribution in [2.75, 3.05) is 11.9 Å². The summed E-state index contributed by atoms with van der Waals surface area (Å²) >= 11 is 1.16. The van der Waals surface area contributed by atoms with Gasteiger partial charge in [0.2, 0.25) is 5.13 Å². The Morgan fingerprint density at radius 2 is 1.88 bits per heavy atom. The normalized spacial score (nSPS) is 10.5. The summed E-state index contributed by atoms with van der Waals surface area (Å²) in [6.45, 7) is 5.95. The molecule has 6 heteroatoms. The van der Waals surface area contributed by atoms with Crippen LogP contribution in [0, 0.1) is 20.8 Å². The highest BCUT2D eigenvalue weighted by atomic mass is 32.1. The first-order chi connectivity index (χ1) is 12.0. The van der Waals surface area contributed by atoms with E-state index >= 15 is 0 Å². The molecule has 0 unspecified atom stereocenters. The predicted molar refractivity (Wildman–Crippen MR) is 100 cm³/mol. The van der Waals surface area contributed by atoms with E-state index in [4.69, 9.17) is 4.74 Å². The van der Waals surface area contributed by atoms with Crippen molar-refractivity contribution in [3.8, 4) is 17.1 Å². The number of amides is 1. The molecule has 0 bridgehead atoms. The SMILES string of the molecule is Cc1ccc(-c2nsc(NC(=O)COc3cccc(C)c3C)n2)cc1. The number of rotatable bonds is 5. The third-order valence-corrected chi connectivity index (χ3v) is 4.53. The van der Waals surface area contributed by atoms with Gasteiger partial charge in [-0.1, -0.05) is 42.0 Å². The largest absolute Gasteiger partial charge is 0.483 e. The summed E-state index contributed by atoms with van der Waals surface area (Å²) in [6.07, 6.45) is 0. The summed E-state index contributed by atoms with van der Waals surface area (Å²) in [5.74, 6) is 1.07. The monoisotopic (exact) mass is 353 g/mol. The number of aryl methyl sites for hydroxylation is 2. The van der Waals surface area contributed by atoms with Gasteiger partial charge >= 0.3 is 0 Å². The summed E-state index contributed by atoms with van der Waals surface area (Å²) < 4.78 is 9.89. The highest BCUT2D eigenvalue weighted by Gasteiger charge is 2.11. The first-order valence-corrected chi connectivity index (χ1v) is 8.70. The van der Waals surface area contributed by atoms with Gasteiger partial charge in [0.1, 0.15) is 5.75 Å². The van der Waals surface area contributed by atoms with Gasteiger partial charge in [0, 0.05) is 17.1 Å². The number of aromatic nitrogens is 2. The molecule has 2 aromatic carbocycles. The van der Waals surface area contributed by atoms with Gasteiger partial charge in [0.15, 0.2) is 12.4 Å². The average molecular weight is 353 g/mol. The van der Waals surface area contributed by atoms with Crippen molar-refractivity contribution in [3.05, 3.63) is 59.2 Å². The molecule has 0 spiro atoms. The van der Waals surface area contributed by atoms with E-state index in [0.29, 0.717) is 16.7 Å². The van der Waals surface area contributed by atoms with Crippen LogP contribution in [-0.2, 0) is 4.79 Å².